The van der Waals surface area contributed by atoms with E-state index >= 15 is 0 Å². The lowest BCUT2D eigenvalue weighted by molar-refractivity contribution is -0.136. The van der Waals surface area contributed by atoms with Gasteiger partial charge in [-0.15, -0.1) is 0 Å². The van der Waals surface area contributed by atoms with Crippen LogP contribution in [0.5, 0.6) is 0 Å². The van der Waals surface area contributed by atoms with Crippen molar-refractivity contribution in [1.82, 2.24) is 5.32 Å². The number of nitrogens with one attached hydrogen (secondary N) is 1. The number of carbonyl (C=O) groups excluding carboxylic acids is 2. The van der Waals surface area contributed by atoms with Gasteiger partial charge in [-0.1, -0.05) is 43.6 Å². The van der Waals surface area contributed by atoms with Crippen molar-refractivity contribution in [1.29, 1.82) is 0 Å². The first-order valence-corrected chi connectivity index (χ1v) is 8.43. The predicted molar refractivity (Wildman–Crippen MR) is 90.4 cm³/mol. The molecule has 0 amide bonds. The Labute approximate surface area is 145 Å². The lowest BCUT2D eigenvalue weighted by Crippen LogP contribution is -2.37. The van der Waals surface area contributed by atoms with Crippen molar-refractivity contribution in [2.24, 2.45) is 5.41 Å². The summed E-state index contributed by atoms with van der Waals surface area (Å²) in [6.45, 7) is 4.39. The van der Waals surface area contributed by atoms with Crippen molar-refractivity contribution >= 4 is 23.4 Å². The standard InChI is InChI=1S/C19H18ClNO3/c1-19(2)7-12-16(14(22)8-19)15(10-5-3-4-6-11(10)20)17-13(21-12)9-24-18(17)23/h3-6,15,21H,7-9H2,1-2H3. The number of hydrogen-bond acceptors (Lipinski definition) is 4. The van der Waals surface area contributed by atoms with E-state index in [1.54, 1.807) is 6.07 Å². The minimum absolute atomic E-state index is 0.0740. The SMILES string of the molecule is CC1(C)CC(=O)C2=C(C1)NC1=C(C(=O)OC1)C2c1ccccc1Cl. The van der Waals surface area contributed by atoms with E-state index in [-0.39, 0.29) is 23.8 Å². The summed E-state index contributed by atoms with van der Waals surface area (Å²) in [7, 11) is 0. The van der Waals surface area contributed by atoms with Gasteiger partial charge in [0.25, 0.3) is 0 Å². The van der Waals surface area contributed by atoms with Crippen LogP contribution in [0.4, 0.5) is 0 Å². The van der Waals surface area contributed by atoms with Gasteiger partial charge in [-0.3, -0.25) is 4.79 Å². The van der Waals surface area contributed by atoms with Crippen LogP contribution in [0.2, 0.25) is 5.02 Å². The number of ketones is 1. The molecule has 0 bridgehead atoms. The average molecular weight is 344 g/mol. The van der Waals surface area contributed by atoms with E-state index in [0.29, 0.717) is 22.6 Å². The number of Topliss-reactive ketones (excluding diaryl/α,β-unsaturated/α-hetero) is 1. The first-order chi connectivity index (χ1) is 11.4. The van der Waals surface area contributed by atoms with Gasteiger partial charge in [-0.05, 0) is 23.5 Å². The summed E-state index contributed by atoms with van der Waals surface area (Å²) in [6, 6.07) is 7.39. The number of rotatable bonds is 1. The third-order valence-corrected chi connectivity index (χ3v) is 5.25. The second-order valence-electron chi connectivity index (χ2n) is 7.38. The number of allylic oxidation sites excluding steroid dienone is 2. The van der Waals surface area contributed by atoms with Crippen LogP contribution < -0.4 is 5.32 Å². The fraction of sp³-hybridized carbons (Fsp3) is 0.368. The van der Waals surface area contributed by atoms with Crippen LogP contribution in [0, 0.1) is 5.41 Å². The van der Waals surface area contributed by atoms with Crippen molar-refractivity contribution in [3.63, 3.8) is 0 Å². The molecule has 3 aliphatic rings. The molecular formula is C19H18ClNO3. The molecule has 4 rings (SSSR count). The molecule has 2 heterocycles. The van der Waals surface area contributed by atoms with Crippen LogP contribution in [0.25, 0.3) is 0 Å². The van der Waals surface area contributed by atoms with E-state index in [2.05, 4.69) is 19.2 Å². The summed E-state index contributed by atoms with van der Waals surface area (Å²) < 4.78 is 5.23. The number of halogens is 1. The average Bonchev–Trinajstić information content (AvgIpc) is 2.86. The molecule has 4 nitrogen and oxygen atoms in total. The highest BCUT2D eigenvalue weighted by atomic mass is 35.5. The van der Waals surface area contributed by atoms with E-state index in [9.17, 15) is 9.59 Å². The number of ether oxygens (including phenoxy) is 1. The second kappa shape index (κ2) is 5.21. The maximum Gasteiger partial charge on any atom is 0.337 e. The number of carbonyl (C=O) groups is 2. The molecule has 1 N–H and O–H groups in total. The van der Waals surface area contributed by atoms with Crippen molar-refractivity contribution in [3.05, 3.63) is 57.4 Å². The summed E-state index contributed by atoms with van der Waals surface area (Å²) >= 11 is 6.40. The molecule has 0 saturated heterocycles. The summed E-state index contributed by atoms with van der Waals surface area (Å²) in [4.78, 5) is 25.2. The molecule has 0 aromatic heterocycles. The molecule has 0 radical (unpaired) electrons. The fourth-order valence-electron chi connectivity index (χ4n) is 3.94. The minimum atomic E-state index is -0.441. The van der Waals surface area contributed by atoms with Gasteiger partial charge in [-0.2, -0.15) is 0 Å². The normalized spacial score (nSPS) is 25.2. The molecular weight excluding hydrogens is 326 g/mol. The summed E-state index contributed by atoms with van der Waals surface area (Å²) in [6.07, 6.45) is 1.23. The Morgan fingerprint density at radius 2 is 1.88 bits per heavy atom. The maximum atomic E-state index is 12.9. The monoisotopic (exact) mass is 343 g/mol. The molecule has 0 spiro atoms. The molecule has 1 aromatic rings. The molecule has 1 aromatic carbocycles. The molecule has 124 valence electrons. The van der Waals surface area contributed by atoms with E-state index < -0.39 is 5.92 Å². The van der Waals surface area contributed by atoms with Gasteiger partial charge in [0.05, 0.1) is 11.3 Å². The topological polar surface area (TPSA) is 55.4 Å². The fourth-order valence-corrected chi connectivity index (χ4v) is 4.18. The van der Waals surface area contributed by atoms with Gasteiger partial charge in [0, 0.05) is 28.6 Å². The third-order valence-electron chi connectivity index (χ3n) is 4.91. The van der Waals surface area contributed by atoms with Crippen LogP contribution in [0.1, 0.15) is 38.2 Å². The van der Waals surface area contributed by atoms with Gasteiger partial charge in [0.2, 0.25) is 0 Å². The predicted octanol–water partition coefficient (Wildman–Crippen LogP) is 3.48. The smallest absolute Gasteiger partial charge is 0.337 e. The highest BCUT2D eigenvalue weighted by Gasteiger charge is 2.46. The summed E-state index contributed by atoms with van der Waals surface area (Å²) in [5, 5.41) is 3.86. The molecule has 0 fully saturated rings. The van der Waals surface area contributed by atoms with Gasteiger partial charge in [0.1, 0.15) is 6.61 Å². The van der Waals surface area contributed by atoms with E-state index in [4.69, 9.17) is 16.3 Å². The molecule has 24 heavy (non-hydrogen) atoms. The van der Waals surface area contributed by atoms with Crippen LogP contribution in [0.15, 0.2) is 46.8 Å². The molecule has 5 heteroatoms. The molecule has 1 unspecified atom stereocenters. The highest BCUT2D eigenvalue weighted by molar-refractivity contribution is 6.31. The Bertz CT molecular complexity index is 835. The number of hydrogen-bond donors (Lipinski definition) is 1. The van der Waals surface area contributed by atoms with Crippen molar-refractivity contribution in [2.75, 3.05) is 6.61 Å². The second-order valence-corrected chi connectivity index (χ2v) is 7.79. The van der Waals surface area contributed by atoms with Crippen molar-refractivity contribution < 1.29 is 14.3 Å². The van der Waals surface area contributed by atoms with Gasteiger partial charge < -0.3 is 10.1 Å². The summed E-state index contributed by atoms with van der Waals surface area (Å²) in [5.74, 6) is -0.736. The minimum Gasteiger partial charge on any atom is -0.456 e. The lowest BCUT2D eigenvalue weighted by atomic mass is 9.69. The Morgan fingerprint density at radius 1 is 1.12 bits per heavy atom. The maximum absolute atomic E-state index is 12.9. The van der Waals surface area contributed by atoms with E-state index in [0.717, 1.165) is 23.4 Å². The van der Waals surface area contributed by atoms with Crippen LogP contribution >= 0.6 is 11.6 Å². The van der Waals surface area contributed by atoms with Crippen LogP contribution in [-0.4, -0.2) is 18.4 Å². The molecule has 1 atom stereocenters. The van der Waals surface area contributed by atoms with Crippen molar-refractivity contribution in [2.45, 2.75) is 32.6 Å². The van der Waals surface area contributed by atoms with Gasteiger partial charge >= 0.3 is 5.97 Å². The number of benzene rings is 1. The number of esters is 1. The van der Waals surface area contributed by atoms with E-state index in [1.165, 1.54) is 0 Å². The lowest BCUT2D eigenvalue weighted by Gasteiger charge is -2.38. The largest absolute Gasteiger partial charge is 0.456 e. The first-order valence-electron chi connectivity index (χ1n) is 8.05. The Hall–Kier alpha value is -2.07. The molecule has 0 saturated carbocycles. The zero-order valence-corrected chi connectivity index (χ0v) is 14.4. The zero-order valence-electron chi connectivity index (χ0n) is 13.6. The Balaban J connectivity index is 1.93. The quantitative estimate of drug-likeness (QED) is 0.793. The molecule has 2 aliphatic heterocycles. The van der Waals surface area contributed by atoms with Crippen molar-refractivity contribution in [3.8, 4) is 0 Å². The van der Waals surface area contributed by atoms with Gasteiger partial charge in [-0.25, -0.2) is 4.79 Å². The third kappa shape index (κ3) is 2.28. The number of dihydropyridines is 1. The molecule has 1 aliphatic carbocycles. The highest BCUT2D eigenvalue weighted by Crippen LogP contribution is 2.49. The van der Waals surface area contributed by atoms with E-state index in [1.807, 2.05) is 18.2 Å². The van der Waals surface area contributed by atoms with Gasteiger partial charge in [0.15, 0.2) is 5.78 Å². The zero-order chi connectivity index (χ0) is 17.1. The Kier molecular flexibility index (Phi) is 3.36. The van der Waals surface area contributed by atoms with Crippen LogP contribution in [0.3, 0.4) is 0 Å². The number of cyclic esters (lactones) is 1. The Morgan fingerprint density at radius 3 is 2.62 bits per heavy atom. The first kappa shape index (κ1) is 15.5. The summed E-state index contributed by atoms with van der Waals surface area (Å²) in [5.41, 5.74) is 3.53. The van der Waals surface area contributed by atoms with Crippen LogP contribution in [-0.2, 0) is 14.3 Å².